The molecule has 0 bridgehead atoms. The Morgan fingerprint density at radius 2 is 1.71 bits per heavy atom. The fraction of sp³-hybridized carbons (Fsp3) is 0.917. The van der Waals surface area contributed by atoms with E-state index in [2.05, 4.69) is 11.9 Å². The summed E-state index contributed by atoms with van der Waals surface area (Å²) in [4.78, 5) is 14.4. The highest BCUT2D eigenvalue weighted by atomic mass is 16.1. The van der Waals surface area contributed by atoms with E-state index in [4.69, 9.17) is 0 Å². The van der Waals surface area contributed by atoms with Gasteiger partial charge in [-0.2, -0.15) is 0 Å². The van der Waals surface area contributed by atoms with Gasteiger partial charge >= 0.3 is 0 Å². The molecule has 1 saturated carbocycles. The molecule has 1 aliphatic heterocycles. The quantitative estimate of drug-likeness (QED) is 0.673. The summed E-state index contributed by atoms with van der Waals surface area (Å²) >= 11 is 0. The van der Waals surface area contributed by atoms with E-state index >= 15 is 0 Å². The van der Waals surface area contributed by atoms with Crippen LogP contribution < -0.4 is 0 Å². The first-order valence-electron chi connectivity index (χ1n) is 6.03. The molecule has 1 aliphatic carbocycles. The molecule has 80 valence electrons. The molecule has 2 rings (SSSR count). The lowest BCUT2D eigenvalue weighted by Gasteiger charge is -2.32. The summed E-state index contributed by atoms with van der Waals surface area (Å²) in [6, 6.07) is 0.256. The van der Waals surface area contributed by atoms with Crippen LogP contribution in [-0.4, -0.2) is 30.3 Å². The molecule has 1 saturated heterocycles. The van der Waals surface area contributed by atoms with Crippen molar-refractivity contribution in [1.82, 2.24) is 4.90 Å². The molecule has 0 aromatic heterocycles. The number of piperidine rings is 1. The van der Waals surface area contributed by atoms with Crippen molar-refractivity contribution in [2.45, 2.75) is 51.0 Å². The molecule has 1 heterocycles. The van der Waals surface area contributed by atoms with Crippen molar-refractivity contribution in [1.29, 1.82) is 0 Å². The van der Waals surface area contributed by atoms with Crippen LogP contribution in [0.25, 0.3) is 0 Å². The highest BCUT2D eigenvalue weighted by Crippen LogP contribution is 2.29. The summed E-state index contributed by atoms with van der Waals surface area (Å²) in [5, 5.41) is 0. The Morgan fingerprint density at radius 1 is 1.07 bits per heavy atom. The summed E-state index contributed by atoms with van der Waals surface area (Å²) < 4.78 is 0. The number of ketones is 1. The number of carbonyl (C=O) groups is 1. The minimum absolute atomic E-state index is 0.256. The van der Waals surface area contributed by atoms with Gasteiger partial charge in [0, 0.05) is 5.92 Å². The van der Waals surface area contributed by atoms with E-state index in [9.17, 15) is 4.79 Å². The Labute approximate surface area is 86.7 Å². The Kier molecular flexibility index (Phi) is 3.22. The predicted molar refractivity (Wildman–Crippen MR) is 57.2 cm³/mol. The minimum atomic E-state index is 0.256. The number of rotatable bonds is 2. The zero-order valence-corrected chi connectivity index (χ0v) is 9.17. The van der Waals surface area contributed by atoms with E-state index in [1.807, 2.05) is 0 Å². The lowest BCUT2D eigenvalue weighted by Crippen LogP contribution is -2.44. The molecular weight excluding hydrogens is 174 g/mol. The van der Waals surface area contributed by atoms with Gasteiger partial charge < -0.3 is 0 Å². The van der Waals surface area contributed by atoms with Crippen molar-refractivity contribution < 1.29 is 4.79 Å². The third kappa shape index (κ3) is 2.00. The van der Waals surface area contributed by atoms with Gasteiger partial charge in [0.1, 0.15) is 0 Å². The Balaban J connectivity index is 1.94. The molecule has 2 aliphatic rings. The lowest BCUT2D eigenvalue weighted by atomic mass is 9.90. The van der Waals surface area contributed by atoms with Gasteiger partial charge in [0.15, 0.2) is 5.78 Å². The van der Waals surface area contributed by atoms with Crippen molar-refractivity contribution in [2.24, 2.45) is 5.92 Å². The number of nitrogens with zero attached hydrogens (tertiary/aromatic N) is 1. The van der Waals surface area contributed by atoms with E-state index < -0.39 is 0 Å². The number of hydrogen-bond acceptors (Lipinski definition) is 2. The van der Waals surface area contributed by atoms with Gasteiger partial charge in [-0.1, -0.05) is 19.3 Å². The molecule has 0 aromatic rings. The Hall–Kier alpha value is -0.370. The molecule has 1 atom stereocenters. The van der Waals surface area contributed by atoms with Crippen molar-refractivity contribution in [3.05, 3.63) is 0 Å². The first-order chi connectivity index (χ1) is 6.79. The number of Topliss-reactive ketones (excluding diaryl/α,β-unsaturated/α-hetero) is 1. The fourth-order valence-electron chi connectivity index (χ4n) is 2.92. The topological polar surface area (TPSA) is 20.3 Å². The van der Waals surface area contributed by atoms with Crippen molar-refractivity contribution in [3.8, 4) is 0 Å². The lowest BCUT2D eigenvalue weighted by molar-refractivity contribution is -0.128. The molecule has 0 N–H and O–H groups in total. The average molecular weight is 195 g/mol. The van der Waals surface area contributed by atoms with Crippen LogP contribution in [0.15, 0.2) is 0 Å². The van der Waals surface area contributed by atoms with Crippen molar-refractivity contribution in [2.75, 3.05) is 13.6 Å². The number of carbonyl (C=O) groups excluding carboxylic acids is 1. The molecule has 2 fully saturated rings. The van der Waals surface area contributed by atoms with Crippen molar-refractivity contribution >= 4 is 5.78 Å². The van der Waals surface area contributed by atoms with Gasteiger partial charge in [0.05, 0.1) is 6.04 Å². The number of hydrogen-bond donors (Lipinski definition) is 0. The predicted octanol–water partition coefficient (Wildman–Crippen LogP) is 2.23. The molecule has 2 heteroatoms. The second-order valence-electron chi connectivity index (χ2n) is 4.88. The maximum absolute atomic E-state index is 12.2. The zero-order valence-electron chi connectivity index (χ0n) is 9.17. The molecule has 0 spiro atoms. The van der Waals surface area contributed by atoms with E-state index in [-0.39, 0.29) is 6.04 Å². The second kappa shape index (κ2) is 4.43. The molecule has 14 heavy (non-hydrogen) atoms. The minimum Gasteiger partial charge on any atom is -0.298 e. The van der Waals surface area contributed by atoms with Crippen LogP contribution in [0.1, 0.15) is 44.9 Å². The maximum Gasteiger partial charge on any atom is 0.153 e. The van der Waals surface area contributed by atoms with Gasteiger partial charge in [0.2, 0.25) is 0 Å². The molecule has 1 unspecified atom stereocenters. The normalized spacial score (nSPS) is 30.8. The Bertz CT molecular complexity index is 208. The Morgan fingerprint density at radius 3 is 2.36 bits per heavy atom. The molecule has 0 amide bonds. The summed E-state index contributed by atoms with van der Waals surface area (Å²) in [7, 11) is 2.11. The van der Waals surface area contributed by atoms with Gasteiger partial charge in [-0.25, -0.2) is 0 Å². The largest absolute Gasteiger partial charge is 0.298 e. The highest BCUT2D eigenvalue weighted by molar-refractivity contribution is 5.86. The van der Waals surface area contributed by atoms with E-state index in [1.54, 1.807) is 0 Å². The van der Waals surface area contributed by atoms with Gasteiger partial charge in [-0.3, -0.25) is 9.69 Å². The van der Waals surface area contributed by atoms with Crippen LogP contribution in [0.2, 0.25) is 0 Å². The monoisotopic (exact) mass is 195 g/mol. The SMILES string of the molecule is CN1CCCCC1C(=O)C1CCCC1. The summed E-state index contributed by atoms with van der Waals surface area (Å²) in [5.74, 6) is 0.949. The van der Waals surface area contributed by atoms with Crippen molar-refractivity contribution in [3.63, 3.8) is 0 Å². The molecule has 0 aromatic carbocycles. The van der Waals surface area contributed by atoms with Gasteiger partial charge in [-0.05, 0) is 39.3 Å². The summed E-state index contributed by atoms with van der Waals surface area (Å²) in [5.41, 5.74) is 0. The molecular formula is C12H21NO. The van der Waals surface area contributed by atoms with Crippen LogP contribution in [-0.2, 0) is 4.79 Å². The van der Waals surface area contributed by atoms with Gasteiger partial charge in [0.25, 0.3) is 0 Å². The molecule has 2 nitrogen and oxygen atoms in total. The van der Waals surface area contributed by atoms with Crippen LogP contribution in [0, 0.1) is 5.92 Å². The average Bonchev–Trinajstić information content (AvgIpc) is 2.70. The summed E-state index contributed by atoms with van der Waals surface area (Å²) in [6.45, 7) is 1.11. The van der Waals surface area contributed by atoms with Crippen LogP contribution in [0.3, 0.4) is 0 Å². The number of likely N-dealkylation sites (N-methyl/N-ethyl adjacent to an activating group) is 1. The van der Waals surface area contributed by atoms with E-state index in [1.165, 1.54) is 25.7 Å². The third-order valence-corrected chi connectivity index (χ3v) is 3.86. The van der Waals surface area contributed by atoms with E-state index in [0.717, 1.165) is 25.8 Å². The van der Waals surface area contributed by atoms with Gasteiger partial charge in [-0.15, -0.1) is 0 Å². The smallest absolute Gasteiger partial charge is 0.153 e. The first-order valence-corrected chi connectivity index (χ1v) is 6.03. The maximum atomic E-state index is 12.2. The van der Waals surface area contributed by atoms with Crippen LogP contribution >= 0.6 is 0 Å². The van der Waals surface area contributed by atoms with Crippen LogP contribution in [0.4, 0.5) is 0 Å². The highest BCUT2D eigenvalue weighted by Gasteiger charge is 2.32. The fourth-order valence-corrected chi connectivity index (χ4v) is 2.92. The summed E-state index contributed by atoms with van der Waals surface area (Å²) in [6.07, 6.45) is 8.47. The standard InChI is InChI=1S/C12H21NO/c1-13-9-5-4-8-11(13)12(14)10-6-2-3-7-10/h10-11H,2-9H2,1H3. The molecule has 0 radical (unpaired) electrons. The second-order valence-corrected chi connectivity index (χ2v) is 4.88. The number of likely N-dealkylation sites (tertiary alicyclic amines) is 1. The third-order valence-electron chi connectivity index (χ3n) is 3.86. The first kappa shape index (κ1) is 10.2. The van der Waals surface area contributed by atoms with Crippen LogP contribution in [0.5, 0.6) is 0 Å². The zero-order chi connectivity index (χ0) is 9.97. The van der Waals surface area contributed by atoms with E-state index in [0.29, 0.717) is 11.7 Å².